The third-order valence-electron chi connectivity index (χ3n) is 7.93. The molecule has 44 heavy (non-hydrogen) atoms. The fraction of sp³-hybridized carbons (Fsp3) is 0.588. The highest BCUT2D eigenvalue weighted by Gasteiger charge is 2.24. The van der Waals surface area contributed by atoms with Crippen LogP contribution >= 0.6 is 44.3 Å². The fourth-order valence-corrected chi connectivity index (χ4v) is 13.8. The van der Waals surface area contributed by atoms with E-state index in [-0.39, 0.29) is 10.5 Å². The lowest BCUT2D eigenvalue weighted by Gasteiger charge is -2.19. The fourth-order valence-electron chi connectivity index (χ4n) is 4.93. The number of aromatic nitrogens is 2. The van der Waals surface area contributed by atoms with Crippen molar-refractivity contribution in [3.63, 3.8) is 0 Å². The lowest BCUT2D eigenvalue weighted by Crippen LogP contribution is -2.13. The van der Waals surface area contributed by atoms with Gasteiger partial charge in [-0.15, -0.1) is 22.7 Å². The highest BCUT2D eigenvalue weighted by molar-refractivity contribution is 8.76. The molecular weight excluding hydrogens is 653 g/mol. The molecule has 0 bridgehead atoms. The zero-order valence-electron chi connectivity index (χ0n) is 26.8. The SMILES string of the molecule is CCCCC(CC)CO[Si]CC(SSC(C[Si]OCC(CC)CCCC)c1nc2ccccc2s1)c1nc2ccccc2s1. The van der Waals surface area contributed by atoms with Crippen LogP contribution in [0.15, 0.2) is 48.5 Å². The van der Waals surface area contributed by atoms with Gasteiger partial charge in [0.05, 0.1) is 30.9 Å². The van der Waals surface area contributed by atoms with Crippen molar-refractivity contribution < 1.29 is 8.85 Å². The molecule has 0 saturated carbocycles. The number of para-hydroxylation sites is 2. The number of hydrogen-bond acceptors (Lipinski definition) is 8. The Kier molecular flexibility index (Phi) is 16.8. The van der Waals surface area contributed by atoms with Crippen molar-refractivity contribution in [2.75, 3.05) is 13.2 Å². The zero-order valence-corrected chi connectivity index (χ0v) is 32.0. The molecule has 238 valence electrons. The summed E-state index contributed by atoms with van der Waals surface area (Å²) in [4.78, 5) is 10.2. The van der Waals surface area contributed by atoms with Crippen molar-refractivity contribution >= 4 is 84.2 Å². The summed E-state index contributed by atoms with van der Waals surface area (Å²) in [5, 5.41) is 2.99. The zero-order chi connectivity index (χ0) is 31.0. The van der Waals surface area contributed by atoms with Crippen LogP contribution in [0, 0.1) is 11.8 Å². The van der Waals surface area contributed by atoms with Crippen LogP contribution in [0.5, 0.6) is 0 Å². The summed E-state index contributed by atoms with van der Waals surface area (Å²) in [6.45, 7) is 10.9. The molecule has 4 radical (unpaired) electrons. The third-order valence-corrected chi connectivity index (χ3v) is 16.1. The van der Waals surface area contributed by atoms with Gasteiger partial charge in [-0.2, -0.15) is 0 Å². The van der Waals surface area contributed by atoms with E-state index in [9.17, 15) is 0 Å². The van der Waals surface area contributed by atoms with Crippen LogP contribution in [0.3, 0.4) is 0 Å². The average molecular weight is 701 g/mol. The van der Waals surface area contributed by atoms with Crippen molar-refractivity contribution in [3.05, 3.63) is 58.5 Å². The Bertz CT molecular complexity index is 1190. The topological polar surface area (TPSA) is 44.2 Å². The molecule has 0 amide bonds. The lowest BCUT2D eigenvalue weighted by atomic mass is 10.0. The summed E-state index contributed by atoms with van der Waals surface area (Å²) in [6, 6.07) is 19.0. The molecule has 4 nitrogen and oxygen atoms in total. The van der Waals surface area contributed by atoms with Crippen LogP contribution in [0.2, 0.25) is 12.1 Å². The second-order valence-corrected chi connectivity index (χ2v) is 18.1. The Hall–Kier alpha value is -0.726. The van der Waals surface area contributed by atoms with Crippen LogP contribution in [0.25, 0.3) is 20.4 Å². The molecule has 0 aliphatic carbocycles. The summed E-state index contributed by atoms with van der Waals surface area (Å²) < 4.78 is 15.2. The Morgan fingerprint density at radius 1 is 0.659 bits per heavy atom. The first-order chi connectivity index (χ1) is 21.6. The quantitative estimate of drug-likeness (QED) is 0.0436. The van der Waals surface area contributed by atoms with Gasteiger partial charge in [-0.3, -0.25) is 0 Å². The number of unbranched alkanes of at least 4 members (excludes halogenated alkanes) is 2. The van der Waals surface area contributed by atoms with E-state index in [1.54, 1.807) is 0 Å². The number of nitrogens with zero attached hydrogens (tertiary/aromatic N) is 2. The van der Waals surface area contributed by atoms with Gasteiger partial charge in [0.1, 0.15) is 10.0 Å². The predicted octanol–water partition coefficient (Wildman–Crippen LogP) is 11.6. The Balaban J connectivity index is 1.44. The molecular formula is C34H48N2O2S4Si2. The Morgan fingerprint density at radius 2 is 1.09 bits per heavy atom. The minimum absolute atomic E-state index is 0.283. The van der Waals surface area contributed by atoms with Crippen molar-refractivity contribution in [2.45, 2.75) is 102 Å². The van der Waals surface area contributed by atoms with Crippen molar-refractivity contribution in [2.24, 2.45) is 11.8 Å². The van der Waals surface area contributed by atoms with Gasteiger partial charge in [0.15, 0.2) is 0 Å². The maximum Gasteiger partial charge on any atom is 0.231 e. The van der Waals surface area contributed by atoms with E-state index >= 15 is 0 Å². The molecule has 2 aromatic carbocycles. The molecule has 4 unspecified atom stereocenters. The molecule has 2 heterocycles. The van der Waals surface area contributed by atoms with E-state index in [1.165, 1.54) is 70.8 Å². The number of fused-ring (bicyclic) bond motifs is 2. The van der Waals surface area contributed by atoms with E-state index in [2.05, 4.69) is 76.2 Å². The van der Waals surface area contributed by atoms with Crippen molar-refractivity contribution in [1.82, 2.24) is 9.97 Å². The lowest BCUT2D eigenvalue weighted by molar-refractivity contribution is 0.242. The van der Waals surface area contributed by atoms with E-state index in [0.717, 1.165) is 36.3 Å². The largest absolute Gasteiger partial charge is 0.417 e. The number of hydrogen-bond donors (Lipinski definition) is 0. The van der Waals surface area contributed by atoms with Crippen LogP contribution in [0.1, 0.15) is 99.6 Å². The number of rotatable bonds is 23. The van der Waals surface area contributed by atoms with Crippen molar-refractivity contribution in [1.29, 1.82) is 0 Å². The number of benzene rings is 2. The third kappa shape index (κ3) is 11.5. The minimum Gasteiger partial charge on any atom is -0.417 e. The van der Waals surface area contributed by atoms with E-state index in [1.807, 2.05) is 44.3 Å². The standard InChI is InChI=1S/C34H48N2O2S4Si2/c1-5-9-15-25(7-3)21-37-43-23-31(33-35-27-17-11-13-19-29(27)39-33)41-42-32(24-44-38-22-26(8-4)16-10-6-2)34-36-28-18-12-14-20-30(28)40-34/h11-14,17-20,25-26,31-32H,5-10,15-16,21-24H2,1-4H3. The molecule has 0 fully saturated rings. The molecule has 4 rings (SSSR count). The molecule has 4 aromatic rings. The van der Waals surface area contributed by atoms with Gasteiger partial charge in [0, 0.05) is 13.2 Å². The summed E-state index contributed by atoms with van der Waals surface area (Å²) in [6.07, 6.45) is 10.0. The van der Waals surface area contributed by atoms with Crippen LogP contribution in [-0.2, 0) is 8.85 Å². The normalized spacial score (nSPS) is 14.7. The minimum atomic E-state index is 0.283. The second kappa shape index (κ2) is 20.5. The first-order valence-electron chi connectivity index (χ1n) is 16.4. The van der Waals surface area contributed by atoms with Crippen LogP contribution in [0.4, 0.5) is 0 Å². The van der Waals surface area contributed by atoms with Crippen LogP contribution < -0.4 is 0 Å². The highest BCUT2D eigenvalue weighted by atomic mass is 33.1. The average Bonchev–Trinajstić information content (AvgIpc) is 3.69. The summed E-state index contributed by atoms with van der Waals surface area (Å²) >= 11 is 3.68. The van der Waals surface area contributed by atoms with Crippen LogP contribution in [-0.4, -0.2) is 42.7 Å². The number of thiazole rings is 2. The van der Waals surface area contributed by atoms with Gasteiger partial charge in [-0.25, -0.2) is 9.97 Å². The maximum atomic E-state index is 6.33. The van der Waals surface area contributed by atoms with E-state index in [0.29, 0.717) is 31.4 Å². The maximum absolute atomic E-state index is 6.33. The molecule has 10 heteroatoms. The Morgan fingerprint density at radius 3 is 1.48 bits per heavy atom. The predicted molar refractivity (Wildman–Crippen MR) is 200 cm³/mol. The van der Waals surface area contributed by atoms with Gasteiger partial charge < -0.3 is 8.85 Å². The Labute approximate surface area is 286 Å². The van der Waals surface area contributed by atoms with Crippen molar-refractivity contribution in [3.8, 4) is 0 Å². The summed E-state index contributed by atoms with van der Waals surface area (Å²) in [5.74, 6) is 1.34. The van der Waals surface area contributed by atoms with Gasteiger partial charge in [0.25, 0.3) is 0 Å². The smallest absolute Gasteiger partial charge is 0.231 e. The molecule has 0 aliphatic rings. The highest BCUT2D eigenvalue weighted by Crippen LogP contribution is 2.51. The molecule has 0 spiro atoms. The molecule has 0 N–H and O–H groups in total. The molecule has 0 saturated heterocycles. The second-order valence-electron chi connectivity index (χ2n) is 11.4. The van der Waals surface area contributed by atoms with E-state index < -0.39 is 0 Å². The van der Waals surface area contributed by atoms with Gasteiger partial charge in [-0.1, -0.05) is 112 Å². The summed E-state index contributed by atoms with van der Waals surface area (Å²) in [5.41, 5.74) is 2.20. The summed E-state index contributed by atoms with van der Waals surface area (Å²) in [7, 11) is 4.90. The van der Waals surface area contributed by atoms with Gasteiger partial charge >= 0.3 is 0 Å². The van der Waals surface area contributed by atoms with E-state index in [4.69, 9.17) is 18.8 Å². The molecule has 2 aromatic heterocycles. The van der Waals surface area contributed by atoms with Gasteiger partial charge in [0.2, 0.25) is 19.5 Å². The van der Waals surface area contributed by atoms with Gasteiger partial charge in [-0.05, 0) is 61.0 Å². The first-order valence-corrected chi connectivity index (χ1v) is 22.5. The first kappa shape index (κ1) is 36.1. The molecule has 4 atom stereocenters. The molecule has 0 aliphatic heterocycles. The monoisotopic (exact) mass is 700 g/mol.